The first kappa shape index (κ1) is 48.0. The van der Waals surface area contributed by atoms with E-state index in [-0.39, 0.29) is 143 Å². The van der Waals surface area contributed by atoms with Crippen LogP contribution in [-0.4, -0.2) is 43.2 Å². The second-order valence-electron chi connectivity index (χ2n) is 0. The van der Waals surface area contributed by atoms with Crippen LogP contribution in [0.1, 0.15) is 2.85 Å². The maximum absolute atomic E-state index is 0. The Kier molecular flexibility index (Phi) is 276. The average molecular weight is 372 g/mol. The van der Waals surface area contributed by atoms with Crippen LogP contribution in [-0.2, 0) is 55.9 Å². The summed E-state index contributed by atoms with van der Waals surface area (Å²) in [7, 11) is 0. The molecule has 0 amide bonds. The molecule has 0 aliphatic rings. The van der Waals surface area contributed by atoms with Crippen LogP contribution in [0.4, 0.5) is 0 Å². The second-order valence-corrected chi connectivity index (χ2v) is 0. The van der Waals surface area contributed by atoms with E-state index in [4.69, 9.17) is 0 Å². The molecule has 2 N–H and O–H groups in total. The molecule has 0 unspecified atom stereocenters. The largest absolute Gasteiger partial charge is 2.00 e. The number of rotatable bonds is 0. The molecule has 0 aromatic heterocycles. The van der Waals surface area contributed by atoms with E-state index in [2.05, 4.69) is 0 Å². The summed E-state index contributed by atoms with van der Waals surface area (Å²) in [6.45, 7) is 0. The monoisotopic (exact) mass is 369 g/mol. The molecule has 1 nitrogen and oxygen atoms in total. The van der Waals surface area contributed by atoms with Crippen LogP contribution in [0, 0.1) is 40.8 Å². The van der Waals surface area contributed by atoms with E-state index >= 15 is 0 Å². The minimum absolute atomic E-state index is 0. The van der Waals surface area contributed by atoms with Gasteiger partial charge in [0, 0.05) is 96.7 Å². The van der Waals surface area contributed by atoms with Crippen molar-refractivity contribution in [2.75, 3.05) is 0 Å². The molecule has 0 atom stereocenters. The van der Waals surface area contributed by atoms with E-state index in [0.717, 1.165) is 0 Å². The van der Waals surface area contributed by atoms with Crippen molar-refractivity contribution in [1.82, 2.24) is 0 Å². The topological polar surface area (TPSA) is 31.5 Å². The zero-order chi connectivity index (χ0) is 0. The summed E-state index contributed by atoms with van der Waals surface area (Å²) in [5.74, 6) is 0. The van der Waals surface area contributed by atoms with Crippen molar-refractivity contribution < 1.29 is 105 Å². The van der Waals surface area contributed by atoms with Gasteiger partial charge in [0.15, 0.2) is 0 Å². The van der Waals surface area contributed by atoms with Gasteiger partial charge in [0.2, 0.25) is 0 Å². The van der Waals surface area contributed by atoms with Crippen LogP contribution in [0.3, 0.4) is 0 Å². The molecule has 0 saturated carbocycles. The first-order chi connectivity index (χ1) is 0. The fourth-order valence-electron chi connectivity index (χ4n) is 0. The minimum Gasteiger partial charge on any atom is -1.00 e. The van der Waals surface area contributed by atoms with Crippen molar-refractivity contribution in [2.45, 2.75) is 0 Å². The van der Waals surface area contributed by atoms with Crippen LogP contribution in [0.5, 0.6) is 0 Å². The first-order valence-electron chi connectivity index (χ1n) is 0. The summed E-state index contributed by atoms with van der Waals surface area (Å²) >= 11 is 0. The Balaban J connectivity index is 0. The smallest absolute Gasteiger partial charge is 1.00 e. The van der Waals surface area contributed by atoms with Crippen LogP contribution < -0.4 is 0 Å². The molecule has 0 fully saturated rings. The standard InChI is InChI=1S/Ca.Cu.Fe.Nd.H2O.Ti.2H/h;;;;1H2;;;/q+2;;;;;;2*-1. The van der Waals surface area contributed by atoms with Gasteiger partial charge in [-0.15, -0.1) is 0 Å². The molecule has 0 aliphatic heterocycles. The summed E-state index contributed by atoms with van der Waals surface area (Å²) < 4.78 is 0. The van der Waals surface area contributed by atoms with Gasteiger partial charge in [-0.1, -0.05) is 0 Å². The van der Waals surface area contributed by atoms with E-state index in [0.29, 0.717) is 0 Å². The predicted octanol–water partition coefficient (Wildman–Crippen LogP) is -0.988. The Labute approximate surface area is 139 Å². The fourth-order valence-corrected chi connectivity index (χ4v) is 0. The van der Waals surface area contributed by atoms with Gasteiger partial charge in [0.25, 0.3) is 0 Å². The first-order valence-corrected chi connectivity index (χ1v) is 0. The fraction of sp³-hybridized carbons (Fsp3) is 0. The molecule has 0 aromatic carbocycles. The van der Waals surface area contributed by atoms with Gasteiger partial charge < -0.3 is 8.33 Å². The molecular weight excluding hydrogens is 368 g/mol. The Bertz CT molecular complexity index is 22.0. The maximum Gasteiger partial charge on any atom is 2.00 e. The van der Waals surface area contributed by atoms with Gasteiger partial charge in [-0.25, -0.2) is 0 Å². The second kappa shape index (κ2) is 34.6. The normalized spacial score (nSPS) is 0. The van der Waals surface area contributed by atoms with Crippen molar-refractivity contribution in [1.29, 1.82) is 0 Å². The summed E-state index contributed by atoms with van der Waals surface area (Å²) in [6, 6.07) is 0. The van der Waals surface area contributed by atoms with E-state index in [1.165, 1.54) is 0 Å². The number of hydrogen-bond acceptors (Lipinski definition) is 0. The molecule has 0 aliphatic carbocycles. The minimum atomic E-state index is 0. The van der Waals surface area contributed by atoms with Crippen LogP contribution in [0.2, 0.25) is 0 Å². The predicted molar refractivity (Wildman–Crippen MR) is 11.6 cm³/mol. The molecule has 0 aromatic rings. The summed E-state index contributed by atoms with van der Waals surface area (Å²) in [6.07, 6.45) is 0. The molecule has 6 heavy (non-hydrogen) atoms. The molecule has 1 radical (unpaired) electrons. The van der Waals surface area contributed by atoms with Gasteiger partial charge in [0.05, 0.1) is 0 Å². The van der Waals surface area contributed by atoms with Crippen LogP contribution >= 0.6 is 0 Å². The molecule has 0 bridgehead atoms. The average Bonchev–Trinajstić information content (AvgIpc) is 0. The third-order valence-corrected chi connectivity index (χ3v) is 0. The Morgan fingerprint density at radius 3 is 1.17 bits per heavy atom. The third-order valence-electron chi connectivity index (χ3n) is 0. The summed E-state index contributed by atoms with van der Waals surface area (Å²) in [5.41, 5.74) is 0. The zero-order valence-electron chi connectivity index (χ0n) is 4.86. The third kappa shape index (κ3) is 23.9. The van der Waals surface area contributed by atoms with Crippen molar-refractivity contribution in [3.05, 3.63) is 0 Å². The molecule has 39 valence electrons. The molecule has 6 heteroatoms. The van der Waals surface area contributed by atoms with E-state index in [1.807, 2.05) is 0 Å². The Hall–Kier alpha value is 4.32. The van der Waals surface area contributed by atoms with Gasteiger partial charge in [-0.2, -0.15) is 0 Å². The van der Waals surface area contributed by atoms with Crippen LogP contribution in [0.15, 0.2) is 0 Å². The van der Waals surface area contributed by atoms with E-state index < -0.39 is 0 Å². The molecule has 0 heterocycles. The quantitative estimate of drug-likeness (QED) is 0.490. The summed E-state index contributed by atoms with van der Waals surface area (Å²) in [5, 5.41) is 0. The zero-order valence-corrected chi connectivity index (χ0v) is 11.9. The Morgan fingerprint density at radius 1 is 1.17 bits per heavy atom. The van der Waals surface area contributed by atoms with E-state index in [1.54, 1.807) is 0 Å². The SMILES string of the molecule is O.[Ca+2].[Cu].[Fe].[H-].[H-].[Nd].[Ti]. The van der Waals surface area contributed by atoms with Crippen molar-refractivity contribution in [2.24, 2.45) is 0 Å². The molecule has 0 rings (SSSR count). The summed E-state index contributed by atoms with van der Waals surface area (Å²) in [4.78, 5) is 0. The van der Waals surface area contributed by atoms with Crippen molar-refractivity contribution >= 4 is 37.7 Å². The molecule has 0 saturated heterocycles. The number of hydrogen-bond donors (Lipinski definition) is 0. The van der Waals surface area contributed by atoms with Crippen molar-refractivity contribution in [3.63, 3.8) is 0 Å². The maximum atomic E-state index is 0. The molecule has 0 spiro atoms. The molecular formula is H4CaCuFeNdOTi. The van der Waals surface area contributed by atoms with Gasteiger partial charge in [-0.3, -0.25) is 0 Å². The van der Waals surface area contributed by atoms with E-state index in [9.17, 15) is 0 Å². The Morgan fingerprint density at radius 2 is 1.17 bits per heavy atom. The van der Waals surface area contributed by atoms with Gasteiger partial charge >= 0.3 is 37.7 Å². The van der Waals surface area contributed by atoms with Crippen LogP contribution in [0.25, 0.3) is 0 Å². The van der Waals surface area contributed by atoms with Gasteiger partial charge in [0.1, 0.15) is 0 Å². The van der Waals surface area contributed by atoms with Gasteiger partial charge in [-0.05, 0) is 0 Å². The van der Waals surface area contributed by atoms with Crippen molar-refractivity contribution in [3.8, 4) is 0 Å².